The molecule has 0 bridgehead atoms. The third-order valence-electron chi connectivity index (χ3n) is 5.63. The second-order valence-electron chi connectivity index (χ2n) is 8.05. The molecule has 4 rings (SSSR count). The van der Waals surface area contributed by atoms with E-state index in [4.69, 9.17) is 14.0 Å². The zero-order valence-corrected chi connectivity index (χ0v) is 18.6. The number of aliphatic hydroxyl groups excluding tert-OH is 1. The summed E-state index contributed by atoms with van der Waals surface area (Å²) in [4.78, 5) is 9.08. The normalized spacial score (nSPS) is 16.1. The second-order valence-corrected chi connectivity index (χ2v) is 8.05. The molecular formula is C24H30N4O4. The van der Waals surface area contributed by atoms with Gasteiger partial charge in [-0.15, -0.1) is 0 Å². The van der Waals surface area contributed by atoms with Gasteiger partial charge in [-0.3, -0.25) is 9.80 Å². The molecule has 0 aliphatic carbocycles. The molecule has 1 fully saturated rings. The molecule has 1 aliphatic heterocycles. The Bertz CT molecular complexity index is 984. The number of hydrogen-bond acceptors (Lipinski definition) is 8. The van der Waals surface area contributed by atoms with E-state index in [0.29, 0.717) is 31.4 Å². The Kier molecular flexibility index (Phi) is 7.36. The predicted octanol–water partition coefficient (Wildman–Crippen LogP) is 2.61. The first kappa shape index (κ1) is 22.3. The van der Waals surface area contributed by atoms with Crippen LogP contribution in [0, 0.1) is 6.92 Å². The van der Waals surface area contributed by atoms with Crippen LogP contribution in [0.5, 0.6) is 11.5 Å². The second kappa shape index (κ2) is 10.6. The fraction of sp³-hybridized carbons (Fsp3) is 0.417. The molecule has 8 heteroatoms. The number of piperazine rings is 1. The van der Waals surface area contributed by atoms with Crippen LogP contribution in [0.25, 0.3) is 11.4 Å². The third-order valence-corrected chi connectivity index (χ3v) is 5.63. The Morgan fingerprint density at radius 3 is 2.47 bits per heavy atom. The molecule has 1 unspecified atom stereocenters. The topological polar surface area (TPSA) is 84.1 Å². The molecule has 2 heterocycles. The van der Waals surface area contributed by atoms with Crippen LogP contribution < -0.4 is 9.47 Å². The van der Waals surface area contributed by atoms with E-state index in [1.807, 2.05) is 55.5 Å². The Morgan fingerprint density at radius 2 is 1.75 bits per heavy atom. The van der Waals surface area contributed by atoms with Gasteiger partial charge in [-0.2, -0.15) is 4.98 Å². The average molecular weight is 439 g/mol. The van der Waals surface area contributed by atoms with Crippen LogP contribution in [-0.4, -0.2) is 77.6 Å². The fourth-order valence-corrected chi connectivity index (χ4v) is 3.75. The lowest BCUT2D eigenvalue weighted by molar-refractivity contribution is 0.0425. The smallest absolute Gasteiger partial charge is 0.241 e. The van der Waals surface area contributed by atoms with Crippen molar-refractivity contribution in [2.75, 3.05) is 46.4 Å². The number of aromatic nitrogens is 2. The van der Waals surface area contributed by atoms with E-state index in [0.717, 1.165) is 48.8 Å². The molecule has 0 amide bonds. The maximum Gasteiger partial charge on any atom is 0.241 e. The largest absolute Gasteiger partial charge is 0.497 e. The molecule has 1 saturated heterocycles. The first-order valence-electron chi connectivity index (χ1n) is 10.9. The summed E-state index contributed by atoms with van der Waals surface area (Å²) in [5, 5.41) is 14.5. The highest BCUT2D eigenvalue weighted by atomic mass is 16.5. The first-order valence-corrected chi connectivity index (χ1v) is 10.9. The van der Waals surface area contributed by atoms with Crippen molar-refractivity contribution in [3.05, 3.63) is 60.0 Å². The van der Waals surface area contributed by atoms with Gasteiger partial charge in [0.25, 0.3) is 0 Å². The van der Waals surface area contributed by atoms with Crippen LogP contribution in [0.4, 0.5) is 0 Å². The van der Waals surface area contributed by atoms with E-state index in [2.05, 4.69) is 19.9 Å². The van der Waals surface area contributed by atoms with Crippen molar-refractivity contribution in [3.8, 4) is 22.9 Å². The van der Waals surface area contributed by atoms with Gasteiger partial charge in [0, 0.05) is 38.3 Å². The van der Waals surface area contributed by atoms with E-state index < -0.39 is 6.10 Å². The quantitative estimate of drug-likeness (QED) is 0.546. The number of benzene rings is 2. The van der Waals surface area contributed by atoms with Crippen molar-refractivity contribution in [3.63, 3.8) is 0 Å². The van der Waals surface area contributed by atoms with Crippen LogP contribution in [0.3, 0.4) is 0 Å². The van der Waals surface area contributed by atoms with Gasteiger partial charge in [0.1, 0.15) is 24.2 Å². The molecule has 1 N–H and O–H groups in total. The maximum absolute atomic E-state index is 10.4. The number of methoxy groups -OCH3 is 1. The molecule has 2 aromatic carbocycles. The Morgan fingerprint density at radius 1 is 1.03 bits per heavy atom. The molecule has 3 aromatic rings. The van der Waals surface area contributed by atoms with Gasteiger partial charge in [0.2, 0.25) is 11.7 Å². The summed E-state index contributed by atoms with van der Waals surface area (Å²) in [6.07, 6.45) is -0.524. The molecule has 1 aromatic heterocycles. The number of para-hydroxylation sites is 1. The minimum absolute atomic E-state index is 0.293. The zero-order valence-electron chi connectivity index (χ0n) is 18.6. The van der Waals surface area contributed by atoms with Crippen LogP contribution in [-0.2, 0) is 6.54 Å². The summed E-state index contributed by atoms with van der Waals surface area (Å²) >= 11 is 0. The first-order chi connectivity index (χ1) is 15.6. The lowest BCUT2D eigenvalue weighted by Crippen LogP contribution is -2.48. The summed E-state index contributed by atoms with van der Waals surface area (Å²) in [5.41, 5.74) is 1.97. The zero-order chi connectivity index (χ0) is 22.3. The van der Waals surface area contributed by atoms with Crippen LogP contribution >= 0.6 is 0 Å². The Labute approximate surface area is 188 Å². The minimum Gasteiger partial charge on any atom is -0.497 e. The molecule has 170 valence electrons. The van der Waals surface area contributed by atoms with Crippen molar-refractivity contribution >= 4 is 0 Å². The van der Waals surface area contributed by atoms with Crippen molar-refractivity contribution in [2.45, 2.75) is 19.6 Å². The molecule has 0 spiro atoms. The lowest BCUT2D eigenvalue weighted by Gasteiger charge is -2.34. The minimum atomic E-state index is -0.524. The average Bonchev–Trinajstić information content (AvgIpc) is 3.28. The third kappa shape index (κ3) is 5.85. The lowest BCUT2D eigenvalue weighted by atomic mass is 10.2. The highest BCUT2D eigenvalue weighted by molar-refractivity contribution is 5.55. The van der Waals surface area contributed by atoms with Gasteiger partial charge < -0.3 is 19.1 Å². The Hall–Kier alpha value is -2.94. The summed E-state index contributed by atoms with van der Waals surface area (Å²) in [7, 11) is 1.64. The van der Waals surface area contributed by atoms with Crippen molar-refractivity contribution in [1.82, 2.24) is 19.9 Å². The molecular weight excluding hydrogens is 408 g/mol. The number of nitrogens with zero attached hydrogens (tertiary/aromatic N) is 4. The van der Waals surface area contributed by atoms with Gasteiger partial charge in [-0.1, -0.05) is 23.4 Å². The summed E-state index contributed by atoms with van der Waals surface area (Å²) in [6.45, 7) is 7.03. The molecule has 1 aliphatic rings. The monoisotopic (exact) mass is 438 g/mol. The van der Waals surface area contributed by atoms with Crippen LogP contribution in [0.2, 0.25) is 0 Å². The number of ether oxygens (including phenoxy) is 2. The number of β-amino-alcohol motifs (C(OH)–C–C–N with tert-alkyl or cyclic N) is 1. The predicted molar refractivity (Wildman–Crippen MR) is 121 cm³/mol. The van der Waals surface area contributed by atoms with Crippen molar-refractivity contribution < 1.29 is 19.1 Å². The number of rotatable bonds is 9. The van der Waals surface area contributed by atoms with Crippen LogP contribution in [0.1, 0.15) is 11.5 Å². The summed E-state index contributed by atoms with van der Waals surface area (Å²) in [5.74, 6) is 2.81. The summed E-state index contributed by atoms with van der Waals surface area (Å²) < 4.78 is 16.4. The molecule has 8 nitrogen and oxygen atoms in total. The fourth-order valence-electron chi connectivity index (χ4n) is 3.75. The molecule has 0 saturated carbocycles. The molecule has 0 radical (unpaired) electrons. The highest BCUT2D eigenvalue weighted by Crippen LogP contribution is 2.20. The number of hydrogen-bond donors (Lipinski definition) is 1. The van der Waals surface area contributed by atoms with Crippen molar-refractivity contribution in [2.24, 2.45) is 0 Å². The number of aryl methyl sites for hydroxylation is 1. The number of aliphatic hydroxyl groups is 1. The van der Waals surface area contributed by atoms with Gasteiger partial charge in [0.05, 0.1) is 13.7 Å². The van der Waals surface area contributed by atoms with Gasteiger partial charge in [0.15, 0.2) is 0 Å². The summed E-state index contributed by atoms with van der Waals surface area (Å²) in [6, 6.07) is 15.4. The van der Waals surface area contributed by atoms with E-state index >= 15 is 0 Å². The van der Waals surface area contributed by atoms with E-state index in [1.54, 1.807) is 7.11 Å². The van der Waals surface area contributed by atoms with Gasteiger partial charge >= 0.3 is 0 Å². The van der Waals surface area contributed by atoms with Crippen LogP contribution in [0.15, 0.2) is 53.1 Å². The molecule has 32 heavy (non-hydrogen) atoms. The molecule has 1 atom stereocenters. The van der Waals surface area contributed by atoms with E-state index in [9.17, 15) is 5.11 Å². The van der Waals surface area contributed by atoms with E-state index in [-0.39, 0.29) is 0 Å². The maximum atomic E-state index is 10.4. The van der Waals surface area contributed by atoms with E-state index in [1.165, 1.54) is 0 Å². The van der Waals surface area contributed by atoms with Gasteiger partial charge in [-0.25, -0.2) is 0 Å². The highest BCUT2D eigenvalue weighted by Gasteiger charge is 2.21. The van der Waals surface area contributed by atoms with Crippen molar-refractivity contribution in [1.29, 1.82) is 0 Å². The SMILES string of the molecule is COc1ccc(-c2noc(CN3CCN(CC(O)COc4ccccc4C)CC3)n2)cc1. The van der Waals surface area contributed by atoms with Gasteiger partial charge in [-0.05, 0) is 42.8 Å². The Balaban J connectivity index is 1.20. The standard InChI is InChI=1S/C24H30N4O4/c1-18-5-3-4-6-22(18)31-17-20(29)15-27-11-13-28(14-12-27)16-23-25-24(26-32-23)19-7-9-21(30-2)10-8-19/h3-10,20,29H,11-17H2,1-2H3.